The molecule has 0 bridgehead atoms. The van der Waals surface area contributed by atoms with Crippen LogP contribution in [0.4, 0.5) is 0 Å². The van der Waals surface area contributed by atoms with E-state index >= 15 is 0 Å². The predicted molar refractivity (Wildman–Crippen MR) is 35.8 cm³/mol. The summed E-state index contributed by atoms with van der Waals surface area (Å²) in [5, 5.41) is 3.42. The Hall–Kier alpha value is -0.0400. The topological polar surface area (TPSA) is 12.0 Å². The lowest BCUT2D eigenvalue weighted by atomic mass is 9.95. The molecule has 0 aliphatic carbocycles. The average molecular weight is 113 g/mol. The molecule has 3 atom stereocenters. The molecule has 1 fully saturated rings. The highest BCUT2D eigenvalue weighted by Gasteiger charge is 2.24. The lowest BCUT2D eigenvalue weighted by Gasteiger charge is -2.10. The monoisotopic (exact) mass is 113 g/mol. The minimum Gasteiger partial charge on any atom is -0.314 e. The SMILES string of the molecule is C[C@@H]1[C@H](C)CN[C@H]1C. The van der Waals surface area contributed by atoms with Gasteiger partial charge in [-0.3, -0.25) is 0 Å². The Morgan fingerprint density at radius 2 is 1.88 bits per heavy atom. The van der Waals surface area contributed by atoms with Gasteiger partial charge in [-0.15, -0.1) is 0 Å². The summed E-state index contributed by atoms with van der Waals surface area (Å²) in [5.41, 5.74) is 0. The zero-order chi connectivity index (χ0) is 6.15. The highest BCUT2D eigenvalue weighted by molar-refractivity contribution is 4.81. The summed E-state index contributed by atoms with van der Waals surface area (Å²) in [4.78, 5) is 0. The average Bonchev–Trinajstić information content (AvgIpc) is 1.98. The van der Waals surface area contributed by atoms with Crippen molar-refractivity contribution < 1.29 is 0 Å². The third kappa shape index (κ3) is 0.873. The van der Waals surface area contributed by atoms with Crippen molar-refractivity contribution in [1.82, 2.24) is 5.32 Å². The van der Waals surface area contributed by atoms with Gasteiger partial charge in [0.05, 0.1) is 0 Å². The molecule has 1 aliphatic rings. The van der Waals surface area contributed by atoms with E-state index in [1.165, 1.54) is 6.54 Å². The highest BCUT2D eigenvalue weighted by Crippen LogP contribution is 2.19. The zero-order valence-electron chi connectivity index (χ0n) is 5.94. The van der Waals surface area contributed by atoms with E-state index in [0.717, 1.165) is 17.9 Å². The van der Waals surface area contributed by atoms with Crippen LogP contribution < -0.4 is 5.32 Å². The van der Waals surface area contributed by atoms with E-state index < -0.39 is 0 Å². The van der Waals surface area contributed by atoms with Gasteiger partial charge >= 0.3 is 0 Å². The quantitative estimate of drug-likeness (QED) is 0.498. The third-order valence-corrected chi connectivity index (χ3v) is 2.45. The summed E-state index contributed by atoms with van der Waals surface area (Å²) in [6.45, 7) is 8.09. The van der Waals surface area contributed by atoms with Crippen molar-refractivity contribution in [2.45, 2.75) is 26.8 Å². The molecule has 48 valence electrons. The maximum absolute atomic E-state index is 3.42. The van der Waals surface area contributed by atoms with E-state index in [1.54, 1.807) is 0 Å². The Kier molecular flexibility index (Phi) is 1.57. The molecule has 0 aromatic rings. The van der Waals surface area contributed by atoms with Gasteiger partial charge in [-0.1, -0.05) is 13.8 Å². The van der Waals surface area contributed by atoms with Gasteiger partial charge in [-0.25, -0.2) is 0 Å². The minimum absolute atomic E-state index is 0.741. The van der Waals surface area contributed by atoms with Crippen molar-refractivity contribution in [2.75, 3.05) is 6.54 Å². The molecule has 0 amide bonds. The van der Waals surface area contributed by atoms with Crippen LogP contribution in [0.25, 0.3) is 0 Å². The van der Waals surface area contributed by atoms with Crippen LogP contribution in [0.2, 0.25) is 0 Å². The van der Waals surface area contributed by atoms with Gasteiger partial charge in [-0.05, 0) is 25.3 Å². The molecule has 1 N–H and O–H groups in total. The molecule has 0 unspecified atom stereocenters. The fourth-order valence-corrected chi connectivity index (χ4v) is 1.24. The maximum Gasteiger partial charge on any atom is 0.00674 e. The van der Waals surface area contributed by atoms with Crippen LogP contribution in [0.1, 0.15) is 20.8 Å². The summed E-state index contributed by atoms with van der Waals surface area (Å²) in [6.07, 6.45) is 0. The molecule has 0 radical (unpaired) electrons. The van der Waals surface area contributed by atoms with Gasteiger partial charge in [0.25, 0.3) is 0 Å². The highest BCUT2D eigenvalue weighted by atomic mass is 14.9. The molecule has 0 aromatic carbocycles. The second-order valence-corrected chi connectivity index (χ2v) is 3.03. The van der Waals surface area contributed by atoms with Gasteiger partial charge in [0.2, 0.25) is 0 Å². The smallest absolute Gasteiger partial charge is 0.00674 e. The lowest BCUT2D eigenvalue weighted by molar-refractivity contribution is 0.436. The Balaban J connectivity index is 2.44. The summed E-state index contributed by atoms with van der Waals surface area (Å²) >= 11 is 0. The molecule has 1 nitrogen and oxygen atoms in total. The molecule has 1 aliphatic heterocycles. The molecule has 0 aromatic heterocycles. The standard InChI is InChI=1S/C7H15N/c1-5-4-8-7(3)6(5)2/h5-8H,4H2,1-3H3/t5-,6-,7+/m1/s1. The molecule has 1 rings (SSSR count). The van der Waals surface area contributed by atoms with Gasteiger partial charge in [0, 0.05) is 6.04 Å². The van der Waals surface area contributed by atoms with Gasteiger partial charge in [0.15, 0.2) is 0 Å². The van der Waals surface area contributed by atoms with Crippen molar-refractivity contribution in [3.8, 4) is 0 Å². The van der Waals surface area contributed by atoms with Crippen LogP contribution in [-0.2, 0) is 0 Å². The zero-order valence-corrected chi connectivity index (χ0v) is 5.94. The third-order valence-electron chi connectivity index (χ3n) is 2.45. The van der Waals surface area contributed by atoms with Crippen molar-refractivity contribution in [2.24, 2.45) is 11.8 Å². The summed E-state index contributed by atoms with van der Waals surface area (Å²) in [7, 11) is 0. The number of nitrogens with one attached hydrogen (secondary N) is 1. The summed E-state index contributed by atoms with van der Waals surface area (Å²) in [5.74, 6) is 1.75. The summed E-state index contributed by atoms with van der Waals surface area (Å²) in [6, 6.07) is 0.741. The first-order valence-corrected chi connectivity index (χ1v) is 3.45. The van der Waals surface area contributed by atoms with Crippen LogP contribution >= 0.6 is 0 Å². The Morgan fingerprint density at radius 3 is 2.00 bits per heavy atom. The first-order valence-electron chi connectivity index (χ1n) is 3.45. The Morgan fingerprint density at radius 1 is 1.25 bits per heavy atom. The second kappa shape index (κ2) is 2.06. The second-order valence-electron chi connectivity index (χ2n) is 3.03. The largest absolute Gasteiger partial charge is 0.314 e. The summed E-state index contributed by atoms with van der Waals surface area (Å²) < 4.78 is 0. The van der Waals surface area contributed by atoms with Crippen LogP contribution in [-0.4, -0.2) is 12.6 Å². The van der Waals surface area contributed by atoms with Crippen molar-refractivity contribution in [3.63, 3.8) is 0 Å². The van der Waals surface area contributed by atoms with Gasteiger partial charge < -0.3 is 5.32 Å². The van der Waals surface area contributed by atoms with Gasteiger partial charge in [0.1, 0.15) is 0 Å². The Bertz CT molecular complexity index is 70.5. The van der Waals surface area contributed by atoms with E-state index in [4.69, 9.17) is 0 Å². The number of hydrogen-bond acceptors (Lipinski definition) is 1. The van der Waals surface area contributed by atoms with E-state index in [-0.39, 0.29) is 0 Å². The van der Waals surface area contributed by atoms with E-state index in [2.05, 4.69) is 26.1 Å². The van der Waals surface area contributed by atoms with Crippen LogP contribution in [0, 0.1) is 11.8 Å². The molecule has 0 saturated carbocycles. The fourth-order valence-electron chi connectivity index (χ4n) is 1.24. The van der Waals surface area contributed by atoms with E-state index in [1.807, 2.05) is 0 Å². The predicted octanol–water partition coefficient (Wildman–Crippen LogP) is 1.25. The molecular formula is C7H15N. The minimum atomic E-state index is 0.741. The van der Waals surface area contributed by atoms with Crippen molar-refractivity contribution in [3.05, 3.63) is 0 Å². The fraction of sp³-hybridized carbons (Fsp3) is 1.00. The Labute approximate surface area is 51.5 Å². The first-order chi connectivity index (χ1) is 3.72. The number of rotatable bonds is 0. The van der Waals surface area contributed by atoms with Gasteiger partial charge in [-0.2, -0.15) is 0 Å². The van der Waals surface area contributed by atoms with Crippen LogP contribution in [0.5, 0.6) is 0 Å². The molecule has 1 saturated heterocycles. The first kappa shape index (κ1) is 6.09. The molecule has 1 heterocycles. The lowest BCUT2D eigenvalue weighted by Crippen LogP contribution is -2.20. The van der Waals surface area contributed by atoms with Crippen molar-refractivity contribution in [1.29, 1.82) is 0 Å². The maximum atomic E-state index is 3.42. The van der Waals surface area contributed by atoms with E-state index in [0.29, 0.717) is 0 Å². The molecule has 1 heteroatoms. The van der Waals surface area contributed by atoms with Crippen LogP contribution in [0.15, 0.2) is 0 Å². The van der Waals surface area contributed by atoms with E-state index in [9.17, 15) is 0 Å². The molecule has 0 spiro atoms. The normalized spacial score (nSPS) is 47.6. The molecular weight excluding hydrogens is 98.1 g/mol. The van der Waals surface area contributed by atoms with Crippen molar-refractivity contribution >= 4 is 0 Å². The van der Waals surface area contributed by atoms with Crippen LogP contribution in [0.3, 0.4) is 0 Å². The molecule has 8 heavy (non-hydrogen) atoms. The number of hydrogen-bond donors (Lipinski definition) is 1.